The average molecular weight is 247 g/mol. The maximum Gasteiger partial charge on any atom is 0.154 e. The van der Waals surface area contributed by atoms with Gasteiger partial charge in [0.1, 0.15) is 0 Å². The zero-order valence-corrected chi connectivity index (χ0v) is 11.5. The topological polar surface area (TPSA) is 46.2 Å². The summed E-state index contributed by atoms with van der Waals surface area (Å²) >= 11 is 0. The molecule has 1 aliphatic heterocycles. The van der Waals surface area contributed by atoms with Crippen LogP contribution < -0.4 is 5.32 Å². The van der Waals surface area contributed by atoms with Crippen LogP contribution in [0.25, 0.3) is 0 Å². The summed E-state index contributed by atoms with van der Waals surface area (Å²) in [5.74, 6) is 0.860. The number of hydrogen-bond acceptors (Lipinski definition) is 3. The first-order valence-corrected chi connectivity index (χ1v) is 8.17. The minimum absolute atomic E-state index is 0.139. The number of sulfone groups is 1. The van der Waals surface area contributed by atoms with Crippen molar-refractivity contribution in [1.82, 2.24) is 5.32 Å². The van der Waals surface area contributed by atoms with Gasteiger partial charge in [-0.25, -0.2) is 8.42 Å². The van der Waals surface area contributed by atoms with Gasteiger partial charge in [-0.2, -0.15) is 0 Å². The van der Waals surface area contributed by atoms with Gasteiger partial charge in [0, 0.05) is 6.04 Å². The third-order valence-electron chi connectivity index (χ3n) is 3.92. The molecule has 0 aromatic rings. The van der Waals surface area contributed by atoms with E-state index in [1.807, 2.05) is 7.05 Å². The van der Waals surface area contributed by atoms with E-state index in [9.17, 15) is 8.42 Å². The molecule has 0 aliphatic carbocycles. The van der Waals surface area contributed by atoms with Gasteiger partial charge in [-0.1, -0.05) is 33.1 Å². The standard InChI is InChI=1S/C12H25NO2S/c1-4-10(5-2)12(13-3)11-8-6-7-9-16(11,14)15/h10-13H,4-9H2,1-3H3. The van der Waals surface area contributed by atoms with Crippen molar-refractivity contribution >= 4 is 9.84 Å². The van der Waals surface area contributed by atoms with Gasteiger partial charge < -0.3 is 5.32 Å². The Bertz CT molecular complexity index is 296. The molecular formula is C12H25NO2S. The van der Waals surface area contributed by atoms with Crippen LogP contribution in [0, 0.1) is 5.92 Å². The van der Waals surface area contributed by atoms with E-state index < -0.39 is 9.84 Å². The van der Waals surface area contributed by atoms with E-state index in [2.05, 4.69) is 19.2 Å². The molecule has 0 spiro atoms. The predicted molar refractivity (Wildman–Crippen MR) is 68.3 cm³/mol. The van der Waals surface area contributed by atoms with Crippen molar-refractivity contribution in [1.29, 1.82) is 0 Å². The lowest BCUT2D eigenvalue weighted by Crippen LogP contribution is -2.49. The molecule has 1 heterocycles. The van der Waals surface area contributed by atoms with Crippen molar-refractivity contribution in [3.63, 3.8) is 0 Å². The zero-order valence-electron chi connectivity index (χ0n) is 10.7. The molecule has 0 aromatic carbocycles. The Morgan fingerprint density at radius 1 is 1.25 bits per heavy atom. The molecule has 0 amide bonds. The summed E-state index contributed by atoms with van der Waals surface area (Å²) in [5.41, 5.74) is 0. The van der Waals surface area contributed by atoms with Gasteiger partial charge in [0.2, 0.25) is 0 Å². The summed E-state index contributed by atoms with van der Waals surface area (Å²) in [4.78, 5) is 0. The van der Waals surface area contributed by atoms with Crippen LogP contribution in [0.2, 0.25) is 0 Å². The first kappa shape index (κ1) is 14.0. The van der Waals surface area contributed by atoms with Crippen LogP contribution in [-0.4, -0.2) is 32.5 Å². The van der Waals surface area contributed by atoms with Crippen molar-refractivity contribution in [2.24, 2.45) is 5.92 Å². The minimum Gasteiger partial charge on any atom is -0.315 e. The molecule has 0 bridgehead atoms. The highest BCUT2D eigenvalue weighted by Gasteiger charge is 2.37. The van der Waals surface area contributed by atoms with Gasteiger partial charge >= 0.3 is 0 Å². The Labute approximate surface area is 99.9 Å². The van der Waals surface area contributed by atoms with E-state index in [0.717, 1.165) is 32.1 Å². The first-order chi connectivity index (χ1) is 7.56. The molecule has 3 nitrogen and oxygen atoms in total. The molecule has 1 aliphatic rings. The second kappa shape index (κ2) is 6.01. The smallest absolute Gasteiger partial charge is 0.154 e. The second-order valence-electron chi connectivity index (χ2n) is 4.79. The molecule has 16 heavy (non-hydrogen) atoms. The van der Waals surface area contributed by atoms with Crippen molar-refractivity contribution in [3.05, 3.63) is 0 Å². The summed E-state index contributed by atoms with van der Waals surface area (Å²) in [5, 5.41) is 3.09. The summed E-state index contributed by atoms with van der Waals surface area (Å²) < 4.78 is 24.2. The fourth-order valence-corrected chi connectivity index (χ4v) is 5.14. The summed E-state index contributed by atoms with van der Waals surface area (Å²) in [6.45, 7) is 4.29. The van der Waals surface area contributed by atoms with Gasteiger partial charge in [-0.3, -0.25) is 0 Å². The highest BCUT2D eigenvalue weighted by molar-refractivity contribution is 7.92. The SMILES string of the molecule is CCC(CC)C(NC)C1CCCCS1(=O)=O. The van der Waals surface area contributed by atoms with Crippen LogP contribution in [0.3, 0.4) is 0 Å². The van der Waals surface area contributed by atoms with Crippen molar-refractivity contribution in [2.45, 2.75) is 57.2 Å². The molecule has 0 radical (unpaired) electrons. The van der Waals surface area contributed by atoms with Gasteiger partial charge in [0.05, 0.1) is 11.0 Å². The van der Waals surface area contributed by atoms with E-state index >= 15 is 0 Å². The molecule has 2 unspecified atom stereocenters. The molecule has 1 N–H and O–H groups in total. The Morgan fingerprint density at radius 2 is 1.88 bits per heavy atom. The van der Waals surface area contributed by atoms with E-state index in [1.54, 1.807) is 0 Å². The fraction of sp³-hybridized carbons (Fsp3) is 1.00. The molecule has 1 fully saturated rings. The highest BCUT2D eigenvalue weighted by Crippen LogP contribution is 2.28. The summed E-state index contributed by atoms with van der Waals surface area (Å²) in [6, 6.07) is 0.139. The molecular weight excluding hydrogens is 222 g/mol. The molecule has 96 valence electrons. The lowest BCUT2D eigenvalue weighted by atomic mass is 9.90. The van der Waals surface area contributed by atoms with E-state index in [1.165, 1.54) is 0 Å². The minimum atomic E-state index is -2.86. The van der Waals surface area contributed by atoms with Crippen LogP contribution >= 0.6 is 0 Å². The molecule has 1 rings (SSSR count). The number of rotatable bonds is 5. The van der Waals surface area contributed by atoms with Crippen LogP contribution in [0.5, 0.6) is 0 Å². The Morgan fingerprint density at radius 3 is 2.31 bits per heavy atom. The monoisotopic (exact) mass is 247 g/mol. The Hall–Kier alpha value is -0.0900. The highest BCUT2D eigenvalue weighted by atomic mass is 32.2. The van der Waals surface area contributed by atoms with E-state index in [-0.39, 0.29) is 11.3 Å². The fourth-order valence-electron chi connectivity index (χ4n) is 2.90. The van der Waals surface area contributed by atoms with E-state index in [0.29, 0.717) is 11.7 Å². The molecule has 0 saturated carbocycles. The quantitative estimate of drug-likeness (QED) is 0.808. The zero-order chi connectivity index (χ0) is 12.2. The maximum atomic E-state index is 12.1. The van der Waals surface area contributed by atoms with Gasteiger partial charge in [0.15, 0.2) is 9.84 Å². The van der Waals surface area contributed by atoms with Crippen LogP contribution in [-0.2, 0) is 9.84 Å². The lowest BCUT2D eigenvalue weighted by Gasteiger charge is -2.34. The van der Waals surface area contributed by atoms with Crippen molar-refractivity contribution < 1.29 is 8.42 Å². The third kappa shape index (κ3) is 2.98. The van der Waals surface area contributed by atoms with Crippen molar-refractivity contribution in [3.8, 4) is 0 Å². The number of hydrogen-bond donors (Lipinski definition) is 1. The molecule has 1 saturated heterocycles. The van der Waals surface area contributed by atoms with E-state index in [4.69, 9.17) is 0 Å². The molecule has 4 heteroatoms. The van der Waals surface area contributed by atoms with Crippen LogP contribution in [0.15, 0.2) is 0 Å². The average Bonchev–Trinajstić information content (AvgIpc) is 2.26. The first-order valence-electron chi connectivity index (χ1n) is 6.45. The molecule has 0 aromatic heterocycles. The molecule has 2 atom stereocenters. The van der Waals surface area contributed by atoms with Crippen LogP contribution in [0.4, 0.5) is 0 Å². The van der Waals surface area contributed by atoms with Gasteiger partial charge in [-0.15, -0.1) is 0 Å². The predicted octanol–water partition coefficient (Wildman–Crippen LogP) is 1.98. The number of nitrogens with one attached hydrogen (secondary N) is 1. The van der Waals surface area contributed by atoms with Gasteiger partial charge in [-0.05, 0) is 25.8 Å². The largest absolute Gasteiger partial charge is 0.315 e. The second-order valence-corrected chi connectivity index (χ2v) is 7.13. The Balaban J connectivity index is 2.85. The third-order valence-corrected chi connectivity index (χ3v) is 6.23. The van der Waals surface area contributed by atoms with Gasteiger partial charge in [0.25, 0.3) is 0 Å². The lowest BCUT2D eigenvalue weighted by molar-refractivity contribution is 0.321. The Kier molecular flexibility index (Phi) is 5.25. The maximum absolute atomic E-state index is 12.1. The van der Waals surface area contributed by atoms with Crippen molar-refractivity contribution in [2.75, 3.05) is 12.8 Å². The summed E-state index contributed by atoms with van der Waals surface area (Å²) in [6.07, 6.45) is 4.84. The summed E-state index contributed by atoms with van der Waals surface area (Å²) in [7, 11) is -0.967. The van der Waals surface area contributed by atoms with Crippen LogP contribution in [0.1, 0.15) is 46.0 Å². The normalized spacial score (nSPS) is 26.9.